The summed E-state index contributed by atoms with van der Waals surface area (Å²) >= 11 is 0. The van der Waals surface area contributed by atoms with E-state index in [1.807, 2.05) is 0 Å². The van der Waals surface area contributed by atoms with Gasteiger partial charge in [0.25, 0.3) is 0 Å². The molecule has 6 fully saturated rings. The molecular formula is C50H70O16. The predicted molar refractivity (Wildman–Crippen MR) is 234 cm³/mol. The van der Waals surface area contributed by atoms with Gasteiger partial charge >= 0.3 is 17.9 Å². The maximum absolute atomic E-state index is 15.0. The Bertz CT molecular complexity index is 2080. The third kappa shape index (κ3) is 7.83. The Morgan fingerprint density at radius 1 is 0.773 bits per heavy atom. The maximum atomic E-state index is 15.0. The molecule has 2 aliphatic heterocycles. The second-order valence-electron chi connectivity index (χ2n) is 22.7. The number of aliphatic hydroxyl groups excluding tert-OH is 6. The highest BCUT2D eigenvalue weighted by Gasteiger charge is 2.72. The van der Waals surface area contributed by atoms with Gasteiger partial charge in [0.15, 0.2) is 18.5 Å². The summed E-state index contributed by atoms with van der Waals surface area (Å²) < 4.78 is 29.5. The minimum atomic E-state index is -1.82. The van der Waals surface area contributed by atoms with Crippen LogP contribution in [0.2, 0.25) is 0 Å². The van der Waals surface area contributed by atoms with Crippen LogP contribution < -0.4 is 0 Å². The third-order valence-electron chi connectivity index (χ3n) is 18.3. The number of carbonyl (C=O) groups excluding carboxylic acids is 2. The highest BCUT2D eigenvalue weighted by molar-refractivity contribution is 5.87. The Morgan fingerprint density at radius 3 is 2.15 bits per heavy atom. The number of ether oxygens (including phenoxy) is 5. The summed E-state index contributed by atoms with van der Waals surface area (Å²) in [5.74, 6) is -3.14. The van der Waals surface area contributed by atoms with Crippen LogP contribution in [0.1, 0.15) is 112 Å². The van der Waals surface area contributed by atoms with Gasteiger partial charge in [0, 0.05) is 6.08 Å². The molecule has 1 aromatic rings. The Morgan fingerprint density at radius 2 is 1.47 bits per heavy atom. The molecule has 0 bridgehead atoms. The average molecular weight is 927 g/mol. The molecule has 1 aromatic carbocycles. The summed E-state index contributed by atoms with van der Waals surface area (Å²) in [5, 5.41) is 85.3. The maximum Gasteiger partial charge on any atom is 0.335 e. The molecule has 2 heterocycles. The van der Waals surface area contributed by atoms with E-state index in [2.05, 4.69) is 54.5 Å². The molecule has 0 radical (unpaired) electrons. The van der Waals surface area contributed by atoms with E-state index in [-0.39, 0.29) is 46.9 Å². The number of rotatable bonds is 8. The summed E-state index contributed by atoms with van der Waals surface area (Å²) in [6.45, 7) is 15.2. The first-order valence-electron chi connectivity index (χ1n) is 23.6. The van der Waals surface area contributed by atoms with Gasteiger partial charge in [-0.1, -0.05) is 72.2 Å². The van der Waals surface area contributed by atoms with Crippen molar-refractivity contribution in [3.63, 3.8) is 0 Å². The molecule has 0 amide bonds. The number of phenols is 1. The third-order valence-corrected chi connectivity index (χ3v) is 18.3. The molecule has 0 spiro atoms. The normalized spacial score (nSPS) is 46.1. The predicted octanol–water partition coefficient (Wildman–Crippen LogP) is 3.99. The lowest BCUT2D eigenvalue weighted by molar-refractivity contribution is -0.324. The first-order chi connectivity index (χ1) is 30.8. The number of phenolic OH excluding ortho intramolecular Hbond substituents is 1. The van der Waals surface area contributed by atoms with Crippen LogP contribution >= 0.6 is 0 Å². The fraction of sp³-hybridized carbons (Fsp3) is 0.740. The zero-order valence-electron chi connectivity index (χ0n) is 39.0. The molecule has 4 saturated carbocycles. The van der Waals surface area contributed by atoms with Gasteiger partial charge in [0.2, 0.25) is 6.29 Å². The topological polar surface area (TPSA) is 259 Å². The zero-order valence-corrected chi connectivity index (χ0v) is 39.0. The quantitative estimate of drug-likeness (QED) is 0.0794. The van der Waals surface area contributed by atoms with Gasteiger partial charge in [0.1, 0.15) is 41.7 Å². The zero-order chi connectivity index (χ0) is 48.1. The number of esters is 2. The van der Waals surface area contributed by atoms with Crippen LogP contribution in [-0.2, 0) is 38.1 Å². The van der Waals surface area contributed by atoms with Gasteiger partial charge in [0.05, 0.1) is 18.8 Å². The van der Waals surface area contributed by atoms with Crippen molar-refractivity contribution in [3.05, 3.63) is 47.6 Å². The van der Waals surface area contributed by atoms with Crippen LogP contribution in [0.4, 0.5) is 0 Å². The smallest absolute Gasteiger partial charge is 0.335 e. The lowest BCUT2D eigenvalue weighted by atomic mass is 9.33. The van der Waals surface area contributed by atoms with E-state index in [1.54, 1.807) is 12.1 Å². The number of hydrogen-bond acceptors (Lipinski definition) is 15. The molecule has 16 heteroatoms. The lowest BCUT2D eigenvalue weighted by Gasteiger charge is -2.71. The van der Waals surface area contributed by atoms with Crippen LogP contribution in [0.5, 0.6) is 5.75 Å². The van der Waals surface area contributed by atoms with Gasteiger partial charge < -0.3 is 64.5 Å². The molecular weight excluding hydrogens is 857 g/mol. The second-order valence-corrected chi connectivity index (χ2v) is 22.7. The number of fused-ring (bicyclic) bond motifs is 7. The molecule has 18 unspecified atom stereocenters. The number of carbonyl (C=O) groups is 3. The van der Waals surface area contributed by atoms with Gasteiger partial charge in [-0.3, -0.25) is 4.79 Å². The molecule has 5 aliphatic carbocycles. The number of aliphatic hydroxyl groups is 6. The summed E-state index contributed by atoms with van der Waals surface area (Å²) in [4.78, 5) is 40.0. The fourth-order valence-corrected chi connectivity index (χ4v) is 14.4. The molecule has 366 valence electrons. The van der Waals surface area contributed by atoms with E-state index in [9.17, 15) is 50.4 Å². The number of carboxylic acids is 1. The summed E-state index contributed by atoms with van der Waals surface area (Å²) in [5.41, 5.74) is -1.39. The van der Waals surface area contributed by atoms with Crippen molar-refractivity contribution in [3.8, 4) is 5.75 Å². The minimum absolute atomic E-state index is 0.0543. The monoisotopic (exact) mass is 926 g/mol. The Hall–Kier alpha value is -3.45. The first-order valence-corrected chi connectivity index (χ1v) is 23.6. The largest absolute Gasteiger partial charge is 0.508 e. The molecule has 8 N–H and O–H groups in total. The van der Waals surface area contributed by atoms with Crippen molar-refractivity contribution in [2.24, 2.45) is 50.2 Å². The fourth-order valence-electron chi connectivity index (χ4n) is 14.4. The van der Waals surface area contributed by atoms with Crippen LogP contribution in [0.3, 0.4) is 0 Å². The summed E-state index contributed by atoms with van der Waals surface area (Å²) in [7, 11) is 0. The Balaban J connectivity index is 1.05. The van der Waals surface area contributed by atoms with E-state index >= 15 is 4.79 Å². The Kier molecular flexibility index (Phi) is 12.8. The van der Waals surface area contributed by atoms with E-state index in [0.717, 1.165) is 37.3 Å². The van der Waals surface area contributed by atoms with E-state index in [4.69, 9.17) is 23.7 Å². The van der Waals surface area contributed by atoms with Gasteiger partial charge in [-0.2, -0.15) is 0 Å². The Labute approximate surface area is 385 Å². The molecule has 8 rings (SSSR count). The van der Waals surface area contributed by atoms with Gasteiger partial charge in [-0.05, 0) is 126 Å². The molecule has 7 aliphatic rings. The van der Waals surface area contributed by atoms with Crippen molar-refractivity contribution in [2.75, 3.05) is 6.61 Å². The summed E-state index contributed by atoms with van der Waals surface area (Å²) in [6.07, 6.45) is -5.86. The van der Waals surface area contributed by atoms with Crippen LogP contribution in [0, 0.1) is 50.2 Å². The lowest BCUT2D eigenvalue weighted by Crippen LogP contribution is -2.68. The van der Waals surface area contributed by atoms with E-state index < -0.39 is 108 Å². The van der Waals surface area contributed by atoms with E-state index in [1.165, 1.54) is 18.2 Å². The van der Waals surface area contributed by atoms with Crippen LogP contribution in [0.25, 0.3) is 6.08 Å². The molecule has 0 aromatic heterocycles. The minimum Gasteiger partial charge on any atom is -0.508 e. The van der Waals surface area contributed by atoms with Gasteiger partial charge in [-0.25, -0.2) is 9.59 Å². The van der Waals surface area contributed by atoms with Crippen molar-refractivity contribution in [2.45, 2.75) is 174 Å². The molecule has 16 nitrogen and oxygen atoms in total. The number of aromatic hydroxyl groups is 1. The number of carboxylic acid groups (broad SMARTS) is 1. The van der Waals surface area contributed by atoms with Crippen molar-refractivity contribution >= 4 is 24.0 Å². The molecule has 66 heavy (non-hydrogen) atoms. The number of allylic oxidation sites excluding steroid dienone is 2. The van der Waals surface area contributed by atoms with Crippen molar-refractivity contribution < 1.29 is 78.9 Å². The summed E-state index contributed by atoms with van der Waals surface area (Å²) in [6, 6.07) is 6.10. The van der Waals surface area contributed by atoms with Crippen molar-refractivity contribution in [1.29, 1.82) is 0 Å². The number of aliphatic carboxylic acids is 1. The van der Waals surface area contributed by atoms with Gasteiger partial charge in [-0.15, -0.1) is 0 Å². The van der Waals surface area contributed by atoms with E-state index in [0.29, 0.717) is 31.2 Å². The number of hydrogen-bond donors (Lipinski definition) is 8. The number of benzene rings is 1. The molecule has 2 saturated heterocycles. The first kappa shape index (κ1) is 49.0. The highest BCUT2D eigenvalue weighted by atomic mass is 16.7. The standard InChI is InChI=1S/C50H70O16/c1-45(2)20-21-50(44(61)66-43-40(35(55)29(52)24-62-43)64-34(54)15-10-25-8-11-26(51)12-9-25)28(22-45)27-13-14-31-47(5)18-17-33(63-42-38(58)36(56)37(57)39(65-42)41(59)60)46(3,4)30(47)16-19-48(31,6)49(27,7)23-32(50)53/h8-13,15,28-33,35-40,42-43,51-53,55-58H,14,16-24H2,1-7H3,(H,59,60). The van der Waals surface area contributed by atoms with Crippen LogP contribution in [0.15, 0.2) is 42.0 Å². The second kappa shape index (κ2) is 17.2. The van der Waals surface area contributed by atoms with Crippen molar-refractivity contribution in [1.82, 2.24) is 0 Å². The SMILES string of the molecule is CC1(C)CCC2(C(=O)OC3OCC(O)C(O)C3OC(=O)C=Cc3ccc(O)cc3)C(O)CC3(C)C(=CCC4C5(C)CCC(OC6OC(C(=O)O)C(O)C(O)C6O)C(C)(C)C5CCC43C)C2C1. The molecule has 18 atom stereocenters. The van der Waals surface area contributed by atoms with Crippen LogP contribution in [-0.4, -0.2) is 133 Å². The highest BCUT2D eigenvalue weighted by Crippen LogP contribution is 2.76. The average Bonchev–Trinajstić information content (AvgIpc) is 3.24.